The first kappa shape index (κ1) is 18.5. The van der Waals surface area contributed by atoms with E-state index < -0.39 is 0 Å². The maximum absolute atomic E-state index is 10.6. The molecule has 2 N–H and O–H groups in total. The molecule has 0 aromatic carbocycles. The molecule has 1 rings (SSSR count). The Balaban J connectivity index is 0. The number of nitrogens with zero attached hydrogens (tertiary/aromatic N) is 1. The molecule has 0 atom stereocenters. The summed E-state index contributed by atoms with van der Waals surface area (Å²) in [6.07, 6.45) is 3.47. The average molecular weight is 360 g/mol. The first-order chi connectivity index (χ1) is 6.72. The Morgan fingerprint density at radius 1 is 1.44 bits per heavy atom. The number of halogens is 2. The van der Waals surface area contributed by atoms with E-state index in [0.29, 0.717) is 0 Å². The zero-order valence-corrected chi connectivity index (χ0v) is 12.9. The van der Waals surface area contributed by atoms with E-state index >= 15 is 0 Å². The minimum Gasteiger partial charge on any atom is -0.383 e. The summed E-state index contributed by atoms with van der Waals surface area (Å²) in [5.41, 5.74) is 6.26. The number of likely N-dealkylation sites (tertiary alicyclic amines) is 1. The van der Waals surface area contributed by atoms with Crippen LogP contribution in [0.1, 0.15) is 12.8 Å². The van der Waals surface area contributed by atoms with Crippen molar-refractivity contribution in [1.29, 1.82) is 0 Å². The number of primary amides is 1. The smallest absolute Gasteiger partial charge is 0.241 e. The number of hydrogen-bond donors (Lipinski definition) is 1. The molecule has 1 heterocycles. The molecule has 1 aliphatic rings. The maximum atomic E-state index is 10.6. The molecule has 1 amide bonds. The Hall–Kier alpha value is 0.0900. The van der Waals surface area contributed by atoms with E-state index in [2.05, 4.69) is 4.90 Å². The Kier molecular flexibility index (Phi) is 11.8. The number of ether oxygens (including phenoxy) is 1. The van der Waals surface area contributed by atoms with E-state index in [1.54, 1.807) is 13.2 Å². The zero-order valence-electron chi connectivity index (χ0n) is 9.48. The maximum Gasteiger partial charge on any atom is 0.241 e. The summed E-state index contributed by atoms with van der Waals surface area (Å²) in [7, 11) is 1.71. The summed E-state index contributed by atoms with van der Waals surface area (Å²) in [5, 5.41) is 0. The van der Waals surface area contributed by atoms with Crippen LogP contribution in [-0.4, -0.2) is 44.2 Å². The fourth-order valence-electron chi connectivity index (χ4n) is 1.63. The van der Waals surface area contributed by atoms with Crippen molar-refractivity contribution in [2.45, 2.75) is 12.8 Å². The van der Waals surface area contributed by atoms with Gasteiger partial charge in [0.1, 0.15) is 0 Å². The lowest BCUT2D eigenvalue weighted by Crippen LogP contribution is -2.33. The van der Waals surface area contributed by atoms with Crippen LogP contribution in [0.5, 0.6) is 0 Å². The molecule has 0 unspecified atom stereocenters. The van der Waals surface area contributed by atoms with E-state index in [9.17, 15) is 4.79 Å². The Morgan fingerprint density at radius 2 is 2.00 bits per heavy atom. The molecule has 16 heavy (non-hydrogen) atoms. The van der Waals surface area contributed by atoms with Gasteiger partial charge in [-0.05, 0) is 12.8 Å². The van der Waals surface area contributed by atoms with Crippen LogP contribution in [0, 0.1) is 0 Å². The van der Waals surface area contributed by atoms with Gasteiger partial charge in [0.25, 0.3) is 0 Å². The number of rotatable bonds is 4. The van der Waals surface area contributed by atoms with Crippen LogP contribution in [0.3, 0.4) is 0 Å². The van der Waals surface area contributed by atoms with Crippen molar-refractivity contribution >= 4 is 39.9 Å². The first-order valence-electron chi connectivity index (χ1n) is 4.92. The molecule has 0 aromatic heterocycles. The SMILES string of the molecule is Br.Br.COCCN1CCC(=CC(N)=O)CC1. The summed E-state index contributed by atoms with van der Waals surface area (Å²) in [6, 6.07) is 0. The topological polar surface area (TPSA) is 55.6 Å². The van der Waals surface area contributed by atoms with Gasteiger partial charge >= 0.3 is 0 Å². The van der Waals surface area contributed by atoms with E-state index in [0.717, 1.165) is 39.1 Å². The van der Waals surface area contributed by atoms with Gasteiger partial charge < -0.3 is 15.4 Å². The van der Waals surface area contributed by atoms with Gasteiger partial charge in [-0.2, -0.15) is 0 Å². The van der Waals surface area contributed by atoms with E-state index in [1.807, 2.05) is 0 Å². The molecule has 96 valence electrons. The molecule has 0 aliphatic carbocycles. The van der Waals surface area contributed by atoms with E-state index in [1.165, 1.54) is 5.57 Å². The average Bonchev–Trinajstić information content (AvgIpc) is 2.16. The summed E-state index contributed by atoms with van der Waals surface area (Å²) < 4.78 is 5.01. The number of amides is 1. The first-order valence-corrected chi connectivity index (χ1v) is 4.92. The lowest BCUT2D eigenvalue weighted by Gasteiger charge is -2.27. The molecule has 0 radical (unpaired) electrons. The third-order valence-electron chi connectivity index (χ3n) is 2.46. The second-order valence-corrected chi connectivity index (χ2v) is 3.54. The minimum absolute atomic E-state index is 0. The predicted octanol–water partition coefficient (Wildman–Crippen LogP) is 1.30. The van der Waals surface area contributed by atoms with Gasteiger partial charge in [-0.1, -0.05) is 5.57 Å². The van der Waals surface area contributed by atoms with Gasteiger partial charge in [0.15, 0.2) is 0 Å². The molecule has 0 aromatic rings. The highest BCUT2D eigenvalue weighted by atomic mass is 79.9. The minimum atomic E-state index is -0.328. The molecule has 0 spiro atoms. The number of piperidine rings is 1. The number of methoxy groups -OCH3 is 1. The van der Waals surface area contributed by atoms with Crippen molar-refractivity contribution in [3.8, 4) is 0 Å². The fraction of sp³-hybridized carbons (Fsp3) is 0.700. The third kappa shape index (κ3) is 7.38. The van der Waals surface area contributed by atoms with Gasteiger partial charge in [0.05, 0.1) is 6.61 Å². The highest BCUT2D eigenvalue weighted by Crippen LogP contribution is 2.15. The van der Waals surface area contributed by atoms with Crippen molar-refractivity contribution in [3.05, 3.63) is 11.6 Å². The molecule has 0 bridgehead atoms. The number of hydrogen-bond acceptors (Lipinski definition) is 3. The van der Waals surface area contributed by atoms with Crippen LogP contribution in [0.25, 0.3) is 0 Å². The molecular weight excluding hydrogens is 340 g/mol. The van der Waals surface area contributed by atoms with Crippen molar-refractivity contribution in [3.63, 3.8) is 0 Å². The molecule has 0 saturated carbocycles. The molecular formula is C10H20Br2N2O2. The van der Waals surface area contributed by atoms with Gasteiger partial charge in [0, 0.05) is 32.8 Å². The van der Waals surface area contributed by atoms with Crippen LogP contribution in [0.4, 0.5) is 0 Å². The standard InChI is InChI=1S/C10H18N2O2.2BrH/c1-14-7-6-12-4-2-9(3-5-12)8-10(11)13;;/h8H,2-7H2,1H3,(H2,11,13);2*1H. The van der Waals surface area contributed by atoms with Crippen LogP contribution in [0.15, 0.2) is 11.6 Å². The number of nitrogens with two attached hydrogens (primary N) is 1. The normalized spacial score (nSPS) is 15.9. The summed E-state index contributed by atoms with van der Waals surface area (Å²) in [6.45, 7) is 3.75. The van der Waals surface area contributed by atoms with Gasteiger partial charge in [-0.3, -0.25) is 4.79 Å². The van der Waals surface area contributed by atoms with Crippen LogP contribution >= 0.6 is 34.0 Å². The lowest BCUT2D eigenvalue weighted by molar-refractivity contribution is -0.113. The van der Waals surface area contributed by atoms with Crippen LogP contribution in [0.2, 0.25) is 0 Å². The van der Waals surface area contributed by atoms with Gasteiger partial charge in [0.2, 0.25) is 5.91 Å². The molecule has 1 fully saturated rings. The molecule has 1 aliphatic heterocycles. The third-order valence-corrected chi connectivity index (χ3v) is 2.46. The molecule has 4 nitrogen and oxygen atoms in total. The van der Waals surface area contributed by atoms with Crippen LogP contribution < -0.4 is 5.73 Å². The Morgan fingerprint density at radius 3 is 2.44 bits per heavy atom. The largest absolute Gasteiger partial charge is 0.383 e. The van der Waals surface area contributed by atoms with Crippen molar-refractivity contribution in [2.75, 3.05) is 33.4 Å². The molecule has 1 saturated heterocycles. The Bertz CT molecular complexity index is 225. The highest BCUT2D eigenvalue weighted by molar-refractivity contribution is 8.93. The van der Waals surface area contributed by atoms with Crippen LogP contribution in [-0.2, 0) is 9.53 Å². The fourth-order valence-corrected chi connectivity index (χ4v) is 1.63. The quantitative estimate of drug-likeness (QED) is 0.769. The number of carbonyl (C=O) groups excluding carboxylic acids is 1. The van der Waals surface area contributed by atoms with E-state index in [-0.39, 0.29) is 39.9 Å². The lowest BCUT2D eigenvalue weighted by atomic mass is 10.0. The second kappa shape index (κ2) is 10.3. The van der Waals surface area contributed by atoms with Crippen molar-refractivity contribution in [2.24, 2.45) is 5.73 Å². The monoisotopic (exact) mass is 358 g/mol. The van der Waals surface area contributed by atoms with Gasteiger partial charge in [-0.15, -0.1) is 34.0 Å². The second-order valence-electron chi connectivity index (χ2n) is 3.54. The summed E-state index contributed by atoms with van der Waals surface area (Å²) in [5.74, 6) is -0.328. The summed E-state index contributed by atoms with van der Waals surface area (Å²) in [4.78, 5) is 13.0. The highest BCUT2D eigenvalue weighted by Gasteiger charge is 2.13. The summed E-state index contributed by atoms with van der Waals surface area (Å²) >= 11 is 0. The van der Waals surface area contributed by atoms with Crippen molar-refractivity contribution < 1.29 is 9.53 Å². The predicted molar refractivity (Wildman–Crippen MR) is 75.5 cm³/mol. The van der Waals surface area contributed by atoms with E-state index in [4.69, 9.17) is 10.5 Å². The van der Waals surface area contributed by atoms with Gasteiger partial charge in [-0.25, -0.2) is 0 Å². The van der Waals surface area contributed by atoms with Crippen molar-refractivity contribution in [1.82, 2.24) is 4.90 Å². The molecule has 6 heteroatoms. The zero-order chi connectivity index (χ0) is 10.4. The Labute approximate surface area is 118 Å². The number of carbonyl (C=O) groups is 1.